The van der Waals surface area contributed by atoms with Gasteiger partial charge in [-0.2, -0.15) is 0 Å². The van der Waals surface area contributed by atoms with Gasteiger partial charge in [0.2, 0.25) is 11.8 Å². The molecule has 0 aliphatic carbocycles. The molecule has 0 saturated carbocycles. The minimum Gasteiger partial charge on any atom is -0.354 e. The first-order valence-corrected chi connectivity index (χ1v) is 11.8. The summed E-state index contributed by atoms with van der Waals surface area (Å²) >= 11 is 0. The third-order valence-electron chi connectivity index (χ3n) is 5.73. The van der Waals surface area contributed by atoms with Crippen molar-refractivity contribution in [2.45, 2.75) is 52.1 Å². The highest BCUT2D eigenvalue weighted by Gasteiger charge is 2.30. The van der Waals surface area contributed by atoms with Crippen LogP contribution < -0.4 is 5.32 Å². The van der Waals surface area contributed by atoms with Crippen LogP contribution in [-0.2, 0) is 29.0 Å². The van der Waals surface area contributed by atoms with Crippen molar-refractivity contribution in [3.63, 3.8) is 0 Å². The lowest BCUT2D eigenvalue weighted by atomic mass is 10.0. The van der Waals surface area contributed by atoms with Gasteiger partial charge in [-0.05, 0) is 30.0 Å². The van der Waals surface area contributed by atoms with Crippen LogP contribution in [0.5, 0.6) is 0 Å². The standard InChI is InChI=1S/C29H34N2O2/c1-3-4-18-30-29(33)27(20-24-13-7-5-8-14-24)31(22-26-17-11-12-23(2)19-26)28(32)21-25-15-9-6-10-16-25/h5-17,19,27H,3-4,18,20-22H2,1-2H3,(H,30,33). The van der Waals surface area contributed by atoms with Gasteiger partial charge in [0.1, 0.15) is 6.04 Å². The van der Waals surface area contributed by atoms with Crippen LogP contribution in [0.25, 0.3) is 0 Å². The molecule has 0 radical (unpaired) electrons. The highest BCUT2D eigenvalue weighted by molar-refractivity contribution is 5.88. The molecule has 1 unspecified atom stereocenters. The highest BCUT2D eigenvalue weighted by atomic mass is 16.2. The number of nitrogens with zero attached hydrogens (tertiary/aromatic N) is 1. The Morgan fingerprint density at radius 2 is 1.48 bits per heavy atom. The minimum absolute atomic E-state index is 0.0470. The van der Waals surface area contributed by atoms with Crippen molar-refractivity contribution >= 4 is 11.8 Å². The molecule has 0 aliphatic heterocycles. The number of aryl methyl sites for hydroxylation is 1. The molecular weight excluding hydrogens is 408 g/mol. The predicted octanol–water partition coefficient (Wildman–Crippen LogP) is 5.09. The van der Waals surface area contributed by atoms with Crippen molar-refractivity contribution in [3.05, 3.63) is 107 Å². The summed E-state index contributed by atoms with van der Waals surface area (Å²) in [6, 6.07) is 27.2. The molecule has 0 fully saturated rings. The average molecular weight is 443 g/mol. The van der Waals surface area contributed by atoms with E-state index in [2.05, 4.69) is 18.3 Å². The summed E-state index contributed by atoms with van der Waals surface area (Å²) in [6.45, 7) is 5.15. The van der Waals surface area contributed by atoms with Crippen molar-refractivity contribution in [2.24, 2.45) is 0 Å². The lowest BCUT2D eigenvalue weighted by Crippen LogP contribution is -2.51. The molecule has 0 spiro atoms. The van der Waals surface area contributed by atoms with Crippen LogP contribution in [0.2, 0.25) is 0 Å². The summed E-state index contributed by atoms with van der Waals surface area (Å²) in [6.07, 6.45) is 2.66. The van der Waals surface area contributed by atoms with Crippen LogP contribution in [0.1, 0.15) is 42.0 Å². The number of benzene rings is 3. The van der Waals surface area contributed by atoms with Crippen LogP contribution in [0, 0.1) is 6.92 Å². The van der Waals surface area contributed by atoms with Gasteiger partial charge >= 0.3 is 0 Å². The second-order valence-electron chi connectivity index (χ2n) is 8.52. The number of nitrogens with one attached hydrogen (secondary N) is 1. The SMILES string of the molecule is CCCCNC(=O)C(Cc1ccccc1)N(Cc1cccc(C)c1)C(=O)Cc1ccccc1. The summed E-state index contributed by atoms with van der Waals surface area (Å²) in [5.74, 6) is -0.143. The number of hydrogen-bond acceptors (Lipinski definition) is 2. The zero-order valence-electron chi connectivity index (χ0n) is 19.7. The smallest absolute Gasteiger partial charge is 0.243 e. The lowest BCUT2D eigenvalue weighted by Gasteiger charge is -2.32. The van der Waals surface area contributed by atoms with Crippen LogP contribution in [0.15, 0.2) is 84.9 Å². The van der Waals surface area contributed by atoms with E-state index in [1.165, 1.54) is 0 Å². The van der Waals surface area contributed by atoms with E-state index in [1.807, 2.05) is 85.8 Å². The molecule has 0 aromatic heterocycles. The molecule has 0 bridgehead atoms. The van der Waals surface area contributed by atoms with E-state index in [-0.39, 0.29) is 18.2 Å². The van der Waals surface area contributed by atoms with Crippen LogP contribution in [0.4, 0.5) is 0 Å². The van der Waals surface area contributed by atoms with Crippen LogP contribution in [-0.4, -0.2) is 29.3 Å². The monoisotopic (exact) mass is 442 g/mol. The van der Waals surface area contributed by atoms with Crippen LogP contribution in [0.3, 0.4) is 0 Å². The molecular formula is C29H34N2O2. The Labute approximate surface area is 197 Å². The van der Waals surface area contributed by atoms with E-state index in [4.69, 9.17) is 0 Å². The second kappa shape index (κ2) is 12.6. The maximum Gasteiger partial charge on any atom is 0.243 e. The fourth-order valence-corrected chi connectivity index (χ4v) is 3.94. The number of carbonyl (C=O) groups excluding carboxylic acids is 2. The molecule has 3 rings (SSSR count). The molecule has 3 aromatic carbocycles. The summed E-state index contributed by atoms with van der Waals surface area (Å²) in [4.78, 5) is 28.7. The molecule has 1 N–H and O–H groups in total. The first-order valence-electron chi connectivity index (χ1n) is 11.8. The number of hydrogen-bond donors (Lipinski definition) is 1. The van der Waals surface area contributed by atoms with Crippen LogP contribution >= 0.6 is 0 Å². The molecule has 2 amide bonds. The maximum absolute atomic E-state index is 13.6. The number of unbranched alkanes of at least 4 members (excludes halogenated alkanes) is 1. The zero-order chi connectivity index (χ0) is 23.5. The topological polar surface area (TPSA) is 49.4 Å². The number of carbonyl (C=O) groups is 2. The third kappa shape index (κ3) is 7.60. The zero-order valence-corrected chi connectivity index (χ0v) is 19.7. The van der Waals surface area contributed by atoms with E-state index in [9.17, 15) is 9.59 Å². The fourth-order valence-electron chi connectivity index (χ4n) is 3.94. The largest absolute Gasteiger partial charge is 0.354 e. The summed E-state index contributed by atoms with van der Waals surface area (Å²) in [7, 11) is 0. The molecule has 172 valence electrons. The maximum atomic E-state index is 13.6. The van der Waals surface area contributed by atoms with Gasteiger partial charge in [0.15, 0.2) is 0 Å². The molecule has 0 heterocycles. The van der Waals surface area contributed by atoms with Crippen molar-refractivity contribution in [1.29, 1.82) is 0 Å². The van der Waals surface area contributed by atoms with Gasteiger partial charge in [0.05, 0.1) is 6.42 Å². The normalized spacial score (nSPS) is 11.6. The molecule has 4 nitrogen and oxygen atoms in total. The third-order valence-corrected chi connectivity index (χ3v) is 5.73. The van der Waals surface area contributed by atoms with Gasteiger partial charge in [0.25, 0.3) is 0 Å². The Morgan fingerprint density at radius 1 is 0.848 bits per heavy atom. The van der Waals surface area contributed by atoms with Gasteiger partial charge < -0.3 is 10.2 Å². The van der Waals surface area contributed by atoms with E-state index in [0.717, 1.165) is 35.1 Å². The lowest BCUT2D eigenvalue weighted by molar-refractivity contribution is -0.140. The Kier molecular flexibility index (Phi) is 9.25. The quantitative estimate of drug-likeness (QED) is 0.420. The van der Waals surface area contributed by atoms with Gasteiger partial charge in [-0.1, -0.05) is 104 Å². The minimum atomic E-state index is -0.582. The number of rotatable bonds is 11. The average Bonchev–Trinajstić information content (AvgIpc) is 2.82. The van der Waals surface area contributed by atoms with Gasteiger partial charge in [0, 0.05) is 19.5 Å². The summed E-state index contributed by atoms with van der Waals surface area (Å²) in [5.41, 5.74) is 4.14. The summed E-state index contributed by atoms with van der Waals surface area (Å²) in [5, 5.41) is 3.07. The molecule has 0 saturated heterocycles. The molecule has 1 atom stereocenters. The Balaban J connectivity index is 1.92. The first-order chi connectivity index (χ1) is 16.1. The Hall–Kier alpha value is -3.40. The Morgan fingerprint density at radius 3 is 2.12 bits per heavy atom. The first kappa shape index (κ1) is 24.2. The van der Waals surface area contributed by atoms with Gasteiger partial charge in [-0.3, -0.25) is 9.59 Å². The van der Waals surface area contributed by atoms with Gasteiger partial charge in [-0.15, -0.1) is 0 Å². The van der Waals surface area contributed by atoms with E-state index < -0.39 is 6.04 Å². The molecule has 0 aliphatic rings. The van der Waals surface area contributed by atoms with Gasteiger partial charge in [-0.25, -0.2) is 0 Å². The Bertz CT molecular complexity index is 1020. The van der Waals surface area contributed by atoms with Crippen molar-refractivity contribution < 1.29 is 9.59 Å². The van der Waals surface area contributed by atoms with E-state index >= 15 is 0 Å². The predicted molar refractivity (Wildman–Crippen MR) is 134 cm³/mol. The second-order valence-corrected chi connectivity index (χ2v) is 8.52. The van der Waals surface area contributed by atoms with Crippen molar-refractivity contribution in [2.75, 3.05) is 6.54 Å². The number of amides is 2. The highest BCUT2D eigenvalue weighted by Crippen LogP contribution is 2.17. The van der Waals surface area contributed by atoms with E-state index in [1.54, 1.807) is 4.90 Å². The summed E-state index contributed by atoms with van der Waals surface area (Å²) < 4.78 is 0. The van der Waals surface area contributed by atoms with Crippen molar-refractivity contribution in [1.82, 2.24) is 10.2 Å². The van der Waals surface area contributed by atoms with E-state index in [0.29, 0.717) is 19.5 Å². The van der Waals surface area contributed by atoms with Crippen molar-refractivity contribution in [3.8, 4) is 0 Å². The fraction of sp³-hybridized carbons (Fsp3) is 0.310. The molecule has 33 heavy (non-hydrogen) atoms. The molecule has 4 heteroatoms. The molecule has 3 aromatic rings.